The number of fused-ring (bicyclic) bond motifs is 5. The highest BCUT2D eigenvalue weighted by Crippen LogP contribution is 2.73. The van der Waals surface area contributed by atoms with Gasteiger partial charge in [-0.15, -0.1) is 0 Å². The van der Waals surface area contributed by atoms with Gasteiger partial charge in [-0.1, -0.05) is 74.0 Å². The van der Waals surface area contributed by atoms with Crippen LogP contribution >= 0.6 is 0 Å². The molecule has 2 aromatic rings. The van der Waals surface area contributed by atoms with Gasteiger partial charge in [0.2, 0.25) is 0 Å². The van der Waals surface area contributed by atoms with Crippen molar-refractivity contribution >= 4 is 28.5 Å². The zero-order valence-electron chi connectivity index (χ0n) is 17.2. The molecule has 2 aromatic carbocycles. The second-order valence-electron chi connectivity index (χ2n) is 8.83. The molecule has 3 nitrogen and oxygen atoms in total. The first-order valence-electron chi connectivity index (χ1n) is 10.6. The third kappa shape index (κ3) is 2.13. The Bertz CT molecular complexity index is 1130. The van der Waals surface area contributed by atoms with Crippen molar-refractivity contribution in [2.24, 2.45) is 22.7 Å². The molecule has 2 bridgehead atoms. The maximum absolute atomic E-state index is 14.3. The normalized spacial score (nSPS) is 32.1. The molecule has 0 N–H and O–H groups in total. The van der Waals surface area contributed by atoms with E-state index in [4.69, 9.17) is 0 Å². The Balaban J connectivity index is 1.93. The van der Waals surface area contributed by atoms with Crippen molar-refractivity contribution in [3.63, 3.8) is 0 Å². The van der Waals surface area contributed by atoms with E-state index in [9.17, 15) is 14.4 Å². The minimum absolute atomic E-state index is 0.0370. The zero-order valence-corrected chi connectivity index (χ0v) is 17.2. The van der Waals surface area contributed by atoms with Crippen LogP contribution in [0.5, 0.6) is 0 Å². The topological polar surface area (TPSA) is 51.2 Å². The molecule has 30 heavy (non-hydrogen) atoms. The molecule has 5 rings (SSSR count). The molecule has 150 valence electrons. The van der Waals surface area contributed by atoms with Crippen LogP contribution in [-0.2, 0) is 14.4 Å². The largest absolute Gasteiger partial charge is 0.298 e. The highest BCUT2D eigenvalue weighted by Gasteiger charge is 2.76. The number of carbonyl (C=O) groups excluding carboxylic acids is 3. The summed E-state index contributed by atoms with van der Waals surface area (Å²) >= 11 is 0. The molecule has 0 amide bonds. The molecule has 4 atom stereocenters. The Morgan fingerprint density at radius 1 is 0.733 bits per heavy atom. The lowest BCUT2D eigenvalue weighted by Crippen LogP contribution is -2.44. The number of Topliss-reactive ketones (excluding diaryl/α,β-unsaturated/α-hetero) is 1. The molecule has 3 heteroatoms. The Hall–Kier alpha value is -3.07. The maximum atomic E-state index is 14.3. The third-order valence-corrected chi connectivity index (χ3v) is 7.37. The number of ketones is 3. The minimum Gasteiger partial charge on any atom is -0.298 e. The second-order valence-corrected chi connectivity index (χ2v) is 8.83. The Labute approximate surface area is 176 Å². The molecule has 0 saturated heterocycles. The van der Waals surface area contributed by atoms with Gasteiger partial charge in [0.05, 0.1) is 10.8 Å². The van der Waals surface area contributed by atoms with Crippen molar-refractivity contribution in [1.29, 1.82) is 0 Å². The first kappa shape index (κ1) is 18.9. The Morgan fingerprint density at radius 2 is 1.23 bits per heavy atom. The van der Waals surface area contributed by atoms with Crippen LogP contribution in [0.25, 0.3) is 11.1 Å². The third-order valence-electron chi connectivity index (χ3n) is 7.37. The van der Waals surface area contributed by atoms with Gasteiger partial charge >= 0.3 is 0 Å². The predicted molar refractivity (Wildman–Crippen MR) is 116 cm³/mol. The summed E-state index contributed by atoms with van der Waals surface area (Å²) in [5, 5.41) is 0. The molecule has 3 aliphatic carbocycles. The Kier molecular flexibility index (Phi) is 4.08. The summed E-state index contributed by atoms with van der Waals surface area (Å²) in [6.07, 6.45) is 4.10. The number of hydrogen-bond acceptors (Lipinski definition) is 3. The predicted octanol–water partition coefficient (Wildman–Crippen LogP) is 4.93. The van der Waals surface area contributed by atoms with Gasteiger partial charge in [0.25, 0.3) is 0 Å². The smallest absolute Gasteiger partial charge is 0.161 e. The monoisotopic (exact) mass is 396 g/mol. The van der Waals surface area contributed by atoms with Crippen molar-refractivity contribution in [2.75, 3.05) is 0 Å². The van der Waals surface area contributed by atoms with Crippen LogP contribution in [0.2, 0.25) is 0 Å². The van der Waals surface area contributed by atoms with Crippen molar-refractivity contribution in [1.82, 2.24) is 0 Å². The number of hydrogen-bond donors (Lipinski definition) is 0. The number of rotatable bonds is 4. The lowest BCUT2D eigenvalue weighted by molar-refractivity contribution is -0.132. The van der Waals surface area contributed by atoms with Gasteiger partial charge in [-0.2, -0.15) is 0 Å². The van der Waals surface area contributed by atoms with E-state index in [1.54, 1.807) is 0 Å². The first-order valence-corrected chi connectivity index (χ1v) is 10.6. The molecular formula is C27H24O3. The molecule has 0 radical (unpaired) electrons. The molecule has 0 spiro atoms. The molecule has 0 aliphatic heterocycles. The molecule has 4 unspecified atom stereocenters. The second kappa shape index (κ2) is 6.46. The summed E-state index contributed by atoms with van der Waals surface area (Å²) < 4.78 is 0. The van der Waals surface area contributed by atoms with Crippen LogP contribution in [0.3, 0.4) is 0 Å². The molecule has 1 saturated carbocycles. The number of allylic oxidation sites excluding steroid dienone is 4. The average Bonchev–Trinajstić information content (AvgIpc) is 3.09. The highest BCUT2D eigenvalue weighted by atomic mass is 16.2. The van der Waals surface area contributed by atoms with Gasteiger partial charge in [0, 0.05) is 11.8 Å². The summed E-state index contributed by atoms with van der Waals surface area (Å²) in [6.45, 7) is 3.94. The van der Waals surface area contributed by atoms with Crippen molar-refractivity contribution in [3.05, 3.63) is 83.9 Å². The molecule has 1 fully saturated rings. The first-order chi connectivity index (χ1) is 14.5. The van der Waals surface area contributed by atoms with E-state index < -0.39 is 22.7 Å². The van der Waals surface area contributed by atoms with Crippen molar-refractivity contribution in [2.45, 2.75) is 26.7 Å². The van der Waals surface area contributed by atoms with Crippen LogP contribution in [-0.4, -0.2) is 17.3 Å². The molecule has 3 aliphatic rings. The lowest BCUT2D eigenvalue weighted by Gasteiger charge is -2.42. The molecule has 0 aromatic heterocycles. The van der Waals surface area contributed by atoms with E-state index in [0.29, 0.717) is 6.42 Å². The average molecular weight is 396 g/mol. The summed E-state index contributed by atoms with van der Waals surface area (Å²) in [5.41, 5.74) is 1.82. The van der Waals surface area contributed by atoms with Gasteiger partial charge < -0.3 is 0 Å². The van der Waals surface area contributed by atoms with Gasteiger partial charge in [0.1, 0.15) is 0 Å². The Morgan fingerprint density at radius 3 is 1.77 bits per heavy atom. The van der Waals surface area contributed by atoms with Crippen LogP contribution in [0.15, 0.2) is 72.8 Å². The summed E-state index contributed by atoms with van der Waals surface area (Å²) in [4.78, 5) is 40.6. The van der Waals surface area contributed by atoms with Crippen LogP contribution in [0.1, 0.15) is 37.8 Å². The van der Waals surface area contributed by atoms with E-state index in [0.717, 1.165) is 28.7 Å². The zero-order chi connectivity index (χ0) is 21.1. The maximum Gasteiger partial charge on any atom is 0.161 e. The van der Waals surface area contributed by atoms with E-state index in [2.05, 4.69) is 0 Å². The van der Waals surface area contributed by atoms with Gasteiger partial charge in [-0.3, -0.25) is 14.4 Å². The summed E-state index contributed by atoms with van der Waals surface area (Å²) in [7, 11) is 0. The van der Waals surface area contributed by atoms with E-state index in [1.165, 1.54) is 12.2 Å². The summed E-state index contributed by atoms with van der Waals surface area (Å²) in [5.74, 6) is -1.40. The van der Waals surface area contributed by atoms with E-state index in [1.807, 2.05) is 74.5 Å². The number of carbonyl (C=O) groups is 3. The SMILES string of the molecule is CCCC12C(=O)C(C)(C(c3ccccc3)=C1c1ccccc1)C1C(=O)C=CC(=O)C12. The summed E-state index contributed by atoms with van der Waals surface area (Å²) in [6, 6.07) is 19.8. The fourth-order valence-electron chi connectivity index (χ4n) is 6.46. The van der Waals surface area contributed by atoms with Crippen LogP contribution in [0.4, 0.5) is 0 Å². The van der Waals surface area contributed by atoms with Gasteiger partial charge in [-0.25, -0.2) is 0 Å². The van der Waals surface area contributed by atoms with Crippen molar-refractivity contribution < 1.29 is 14.4 Å². The lowest BCUT2D eigenvalue weighted by atomic mass is 9.57. The highest BCUT2D eigenvalue weighted by molar-refractivity contribution is 6.29. The van der Waals surface area contributed by atoms with Crippen LogP contribution < -0.4 is 0 Å². The molecular weight excluding hydrogens is 372 g/mol. The quantitative estimate of drug-likeness (QED) is 0.737. The van der Waals surface area contributed by atoms with E-state index >= 15 is 0 Å². The fraction of sp³-hybridized carbons (Fsp3) is 0.296. The van der Waals surface area contributed by atoms with E-state index in [-0.39, 0.29) is 17.3 Å². The number of benzene rings is 2. The van der Waals surface area contributed by atoms with Crippen molar-refractivity contribution in [3.8, 4) is 0 Å². The molecule has 0 heterocycles. The van der Waals surface area contributed by atoms with Crippen LogP contribution in [0, 0.1) is 22.7 Å². The van der Waals surface area contributed by atoms with Gasteiger partial charge in [0.15, 0.2) is 17.3 Å². The van der Waals surface area contributed by atoms with Gasteiger partial charge in [-0.05, 0) is 47.8 Å². The standard InChI is InChI=1S/C27H24O3/c1-3-16-27-22(18-12-8-5-9-13-18)21(17-10-6-4-7-11-17)26(2,25(27)30)23-19(28)14-15-20(29)24(23)27/h4-15,23-24H,3,16H2,1-2H3. The minimum atomic E-state index is -1.01. The fourth-order valence-corrected chi connectivity index (χ4v) is 6.46.